The number of benzene rings is 1. The topological polar surface area (TPSA) is 69.4 Å². The molecule has 4 nitrogen and oxygen atoms in total. The van der Waals surface area contributed by atoms with Gasteiger partial charge in [-0.05, 0) is 30.0 Å². The van der Waals surface area contributed by atoms with E-state index in [2.05, 4.69) is 0 Å². The second-order valence-corrected chi connectivity index (χ2v) is 5.88. The van der Waals surface area contributed by atoms with Crippen LogP contribution in [0.25, 0.3) is 0 Å². The lowest BCUT2D eigenvalue weighted by atomic mass is 9.85. The van der Waals surface area contributed by atoms with Gasteiger partial charge in [-0.3, -0.25) is 4.79 Å². The fourth-order valence-electron chi connectivity index (χ4n) is 1.92. The maximum Gasteiger partial charge on any atom is 0.404 e. The lowest BCUT2D eigenvalue weighted by molar-refractivity contribution is 0.0298. The third-order valence-corrected chi connectivity index (χ3v) is 3.09. The zero-order valence-electron chi connectivity index (χ0n) is 12.3. The SMILES string of the molecule is CC(C)(C)C(CCC(=O)c1cc(F)ccc1F)OC(N)=O. The number of hydrogen-bond acceptors (Lipinski definition) is 3. The molecule has 1 atom stereocenters. The fraction of sp³-hybridized carbons (Fsp3) is 0.467. The number of ketones is 1. The van der Waals surface area contributed by atoms with Gasteiger partial charge in [-0.2, -0.15) is 0 Å². The van der Waals surface area contributed by atoms with Crippen molar-refractivity contribution in [1.82, 2.24) is 0 Å². The minimum absolute atomic E-state index is 0.0738. The van der Waals surface area contributed by atoms with Crippen LogP contribution >= 0.6 is 0 Å². The molecule has 1 amide bonds. The van der Waals surface area contributed by atoms with Crippen LogP contribution in [0.1, 0.15) is 44.0 Å². The predicted octanol–water partition coefficient (Wildman–Crippen LogP) is 3.44. The monoisotopic (exact) mass is 299 g/mol. The molecule has 0 aromatic heterocycles. The van der Waals surface area contributed by atoms with E-state index in [1.54, 1.807) is 0 Å². The van der Waals surface area contributed by atoms with Crippen LogP contribution in [-0.4, -0.2) is 18.0 Å². The second kappa shape index (κ2) is 6.65. The molecule has 1 aromatic rings. The largest absolute Gasteiger partial charge is 0.446 e. The molecule has 0 radical (unpaired) electrons. The van der Waals surface area contributed by atoms with Crippen LogP contribution in [0.3, 0.4) is 0 Å². The molecule has 0 saturated heterocycles. The van der Waals surface area contributed by atoms with Gasteiger partial charge in [0.25, 0.3) is 0 Å². The van der Waals surface area contributed by atoms with Gasteiger partial charge in [0.2, 0.25) is 0 Å². The number of nitrogens with two attached hydrogens (primary N) is 1. The summed E-state index contributed by atoms with van der Waals surface area (Å²) in [6.45, 7) is 5.48. The van der Waals surface area contributed by atoms with Crippen molar-refractivity contribution >= 4 is 11.9 Å². The quantitative estimate of drug-likeness (QED) is 0.847. The number of Topliss-reactive ketones (excluding diaryl/α,β-unsaturated/α-hetero) is 1. The summed E-state index contributed by atoms with van der Waals surface area (Å²) in [7, 11) is 0. The molecule has 0 aliphatic heterocycles. The maximum absolute atomic E-state index is 13.5. The lowest BCUT2D eigenvalue weighted by Gasteiger charge is -2.29. The van der Waals surface area contributed by atoms with E-state index in [-0.39, 0.29) is 18.4 Å². The van der Waals surface area contributed by atoms with E-state index in [1.807, 2.05) is 20.8 Å². The molecule has 21 heavy (non-hydrogen) atoms. The summed E-state index contributed by atoms with van der Waals surface area (Å²) in [5.41, 5.74) is 4.27. The fourth-order valence-corrected chi connectivity index (χ4v) is 1.92. The van der Waals surface area contributed by atoms with Crippen molar-refractivity contribution in [2.45, 2.75) is 39.7 Å². The molecule has 1 unspecified atom stereocenters. The first-order valence-electron chi connectivity index (χ1n) is 6.55. The number of rotatable bonds is 5. The van der Waals surface area contributed by atoms with Crippen molar-refractivity contribution in [1.29, 1.82) is 0 Å². The third kappa shape index (κ3) is 5.13. The average molecular weight is 299 g/mol. The van der Waals surface area contributed by atoms with Crippen LogP contribution in [-0.2, 0) is 4.74 Å². The van der Waals surface area contributed by atoms with Crippen LogP contribution in [0, 0.1) is 17.0 Å². The average Bonchev–Trinajstić information content (AvgIpc) is 2.35. The van der Waals surface area contributed by atoms with E-state index in [0.29, 0.717) is 0 Å². The van der Waals surface area contributed by atoms with Gasteiger partial charge >= 0.3 is 6.09 Å². The first-order valence-corrected chi connectivity index (χ1v) is 6.55. The van der Waals surface area contributed by atoms with Crippen LogP contribution in [0.5, 0.6) is 0 Å². The van der Waals surface area contributed by atoms with E-state index in [9.17, 15) is 18.4 Å². The molecule has 0 fully saturated rings. The second-order valence-electron chi connectivity index (χ2n) is 5.88. The van der Waals surface area contributed by atoms with Crippen LogP contribution < -0.4 is 5.73 Å². The zero-order chi connectivity index (χ0) is 16.2. The molecule has 0 bridgehead atoms. The minimum atomic E-state index is -0.931. The molecule has 0 saturated carbocycles. The first-order chi connectivity index (χ1) is 9.61. The molecular weight excluding hydrogens is 280 g/mol. The highest BCUT2D eigenvalue weighted by Gasteiger charge is 2.28. The highest BCUT2D eigenvalue weighted by atomic mass is 19.1. The van der Waals surface area contributed by atoms with Gasteiger partial charge in [0.05, 0.1) is 5.56 Å². The van der Waals surface area contributed by atoms with Gasteiger partial charge < -0.3 is 10.5 Å². The summed E-state index contributed by atoms with van der Waals surface area (Å²) in [6.07, 6.45) is -1.41. The van der Waals surface area contributed by atoms with Gasteiger partial charge in [-0.1, -0.05) is 20.8 Å². The number of primary amides is 1. The summed E-state index contributed by atoms with van der Waals surface area (Å²) in [4.78, 5) is 22.8. The summed E-state index contributed by atoms with van der Waals surface area (Å²) >= 11 is 0. The van der Waals surface area contributed by atoms with Gasteiger partial charge in [-0.15, -0.1) is 0 Å². The number of carbonyl (C=O) groups excluding carboxylic acids is 2. The van der Waals surface area contributed by atoms with Crippen molar-refractivity contribution in [2.75, 3.05) is 0 Å². The summed E-state index contributed by atoms with van der Waals surface area (Å²) in [6, 6.07) is 2.71. The Morgan fingerprint density at radius 2 is 1.90 bits per heavy atom. The number of halogens is 2. The van der Waals surface area contributed by atoms with Crippen molar-refractivity contribution in [3.8, 4) is 0 Å². The molecular formula is C15H19F2NO3. The van der Waals surface area contributed by atoms with Gasteiger partial charge in [-0.25, -0.2) is 13.6 Å². The molecule has 2 N–H and O–H groups in total. The minimum Gasteiger partial charge on any atom is -0.446 e. The van der Waals surface area contributed by atoms with Crippen molar-refractivity contribution in [3.05, 3.63) is 35.4 Å². The van der Waals surface area contributed by atoms with Crippen molar-refractivity contribution < 1.29 is 23.1 Å². The predicted molar refractivity (Wildman–Crippen MR) is 73.8 cm³/mol. The van der Waals surface area contributed by atoms with Crippen molar-refractivity contribution in [3.63, 3.8) is 0 Å². The van der Waals surface area contributed by atoms with Gasteiger partial charge in [0.1, 0.15) is 17.7 Å². The Balaban J connectivity index is 2.78. The number of amides is 1. The molecule has 0 spiro atoms. The summed E-state index contributed by atoms with van der Waals surface area (Å²) in [5, 5.41) is 0. The van der Waals surface area contributed by atoms with Gasteiger partial charge in [0.15, 0.2) is 5.78 Å². The molecule has 0 aliphatic carbocycles. The van der Waals surface area contributed by atoms with E-state index in [0.717, 1.165) is 18.2 Å². The Kier molecular flexibility index (Phi) is 5.41. The van der Waals surface area contributed by atoms with E-state index >= 15 is 0 Å². The van der Waals surface area contributed by atoms with Crippen molar-refractivity contribution in [2.24, 2.45) is 11.1 Å². The molecule has 116 valence electrons. The molecule has 1 rings (SSSR count). The van der Waals surface area contributed by atoms with E-state index in [1.165, 1.54) is 0 Å². The number of carbonyl (C=O) groups is 2. The summed E-state index contributed by atoms with van der Waals surface area (Å²) < 4.78 is 31.5. The first kappa shape index (κ1) is 17.1. The molecule has 6 heteroatoms. The normalized spacial score (nSPS) is 12.8. The Morgan fingerprint density at radius 3 is 2.43 bits per heavy atom. The standard InChI is InChI=1S/C15H19F2NO3/c1-15(2,3)13(21-14(18)20)7-6-12(19)10-8-9(16)4-5-11(10)17/h4-5,8,13H,6-7H2,1-3H3,(H2,18,20). The number of ether oxygens (including phenoxy) is 1. The van der Waals surface area contributed by atoms with E-state index < -0.39 is 35.0 Å². The Morgan fingerprint density at radius 1 is 1.29 bits per heavy atom. The lowest BCUT2D eigenvalue weighted by Crippen LogP contribution is -2.34. The molecule has 0 heterocycles. The van der Waals surface area contributed by atoms with Crippen LogP contribution in [0.4, 0.5) is 13.6 Å². The maximum atomic E-state index is 13.5. The smallest absolute Gasteiger partial charge is 0.404 e. The Labute approximate surface area is 122 Å². The van der Waals surface area contributed by atoms with Crippen LogP contribution in [0.15, 0.2) is 18.2 Å². The number of hydrogen-bond donors (Lipinski definition) is 1. The van der Waals surface area contributed by atoms with Crippen LogP contribution in [0.2, 0.25) is 0 Å². The third-order valence-electron chi connectivity index (χ3n) is 3.09. The Bertz CT molecular complexity index is 538. The zero-order valence-corrected chi connectivity index (χ0v) is 12.3. The van der Waals surface area contributed by atoms with Gasteiger partial charge in [0, 0.05) is 6.42 Å². The summed E-state index contributed by atoms with van der Waals surface area (Å²) in [5.74, 6) is -2.00. The molecule has 1 aromatic carbocycles. The van der Waals surface area contributed by atoms with E-state index in [4.69, 9.17) is 10.5 Å². The highest BCUT2D eigenvalue weighted by Crippen LogP contribution is 2.27. The molecule has 0 aliphatic rings. The highest BCUT2D eigenvalue weighted by molar-refractivity contribution is 5.96. The Hall–Kier alpha value is -1.98.